The smallest absolute Gasteiger partial charge is 0.295 e. The highest BCUT2D eigenvalue weighted by Crippen LogP contribution is 2.41. The third kappa shape index (κ3) is 4.73. The summed E-state index contributed by atoms with van der Waals surface area (Å²) in [7, 11) is 3.17. The van der Waals surface area contributed by atoms with Crippen LogP contribution >= 0.6 is 0 Å². The fourth-order valence-electron chi connectivity index (χ4n) is 4.44. The number of ketones is 1. The van der Waals surface area contributed by atoms with Gasteiger partial charge in [-0.05, 0) is 53.1 Å². The molecule has 1 aliphatic rings. The summed E-state index contributed by atoms with van der Waals surface area (Å²) in [4.78, 5) is 27.8. The Kier molecular flexibility index (Phi) is 7.82. The number of aliphatic hydroxyl groups excluding tert-OH is 1. The first-order valence-electron chi connectivity index (χ1n) is 11.7. The molecule has 1 amide bonds. The number of ether oxygens (including phenoxy) is 2. The van der Waals surface area contributed by atoms with Gasteiger partial charge in [0.15, 0.2) is 0 Å². The van der Waals surface area contributed by atoms with E-state index in [1.165, 1.54) is 4.90 Å². The number of likely N-dealkylation sites (tertiary alicyclic amines) is 1. The van der Waals surface area contributed by atoms with Crippen molar-refractivity contribution in [1.29, 1.82) is 0 Å². The summed E-state index contributed by atoms with van der Waals surface area (Å²) in [6.45, 7) is 10.7. The van der Waals surface area contributed by atoms with E-state index in [1.807, 2.05) is 57.2 Å². The van der Waals surface area contributed by atoms with Gasteiger partial charge in [0.25, 0.3) is 11.7 Å². The van der Waals surface area contributed by atoms with Gasteiger partial charge in [0.2, 0.25) is 0 Å². The van der Waals surface area contributed by atoms with Gasteiger partial charge in [-0.3, -0.25) is 9.59 Å². The Morgan fingerprint density at radius 3 is 2.21 bits per heavy atom. The summed E-state index contributed by atoms with van der Waals surface area (Å²) in [5, 5.41) is 11.5. The van der Waals surface area contributed by atoms with E-state index in [1.54, 1.807) is 14.2 Å². The second-order valence-corrected chi connectivity index (χ2v) is 9.37. The van der Waals surface area contributed by atoms with E-state index < -0.39 is 17.7 Å². The van der Waals surface area contributed by atoms with E-state index in [9.17, 15) is 14.7 Å². The van der Waals surface area contributed by atoms with Crippen molar-refractivity contribution in [3.05, 3.63) is 69.8 Å². The topological polar surface area (TPSA) is 76.1 Å². The van der Waals surface area contributed by atoms with Crippen LogP contribution in [-0.2, 0) is 14.3 Å². The normalized spacial score (nSPS) is 17.8. The van der Waals surface area contributed by atoms with Gasteiger partial charge >= 0.3 is 0 Å². The van der Waals surface area contributed by atoms with Crippen LogP contribution < -0.4 is 4.74 Å². The van der Waals surface area contributed by atoms with Gasteiger partial charge in [-0.15, -0.1) is 0 Å². The van der Waals surface area contributed by atoms with Crippen molar-refractivity contribution in [1.82, 2.24) is 4.90 Å². The maximum atomic E-state index is 13.2. The lowest BCUT2D eigenvalue weighted by Crippen LogP contribution is -2.32. The zero-order valence-corrected chi connectivity index (χ0v) is 21.1. The molecule has 0 aromatic heterocycles. The second-order valence-electron chi connectivity index (χ2n) is 9.37. The van der Waals surface area contributed by atoms with Crippen molar-refractivity contribution in [2.45, 2.75) is 52.5 Å². The number of aryl methyl sites for hydroxylation is 1. The Labute approximate surface area is 202 Å². The van der Waals surface area contributed by atoms with Crippen molar-refractivity contribution in [3.8, 4) is 5.75 Å². The molecule has 0 aliphatic carbocycles. The molecule has 182 valence electrons. The van der Waals surface area contributed by atoms with Crippen LogP contribution in [-0.4, -0.2) is 49.1 Å². The van der Waals surface area contributed by atoms with Crippen molar-refractivity contribution in [3.63, 3.8) is 0 Å². The molecule has 0 bridgehead atoms. The van der Waals surface area contributed by atoms with Crippen LogP contribution in [0.4, 0.5) is 0 Å². The van der Waals surface area contributed by atoms with Crippen LogP contribution in [0.15, 0.2) is 42.0 Å². The third-order valence-electron chi connectivity index (χ3n) is 6.45. The predicted octanol–water partition coefficient (Wildman–Crippen LogP) is 5.32. The lowest BCUT2D eigenvalue weighted by molar-refractivity contribution is -0.140. The average Bonchev–Trinajstić information content (AvgIpc) is 3.06. The van der Waals surface area contributed by atoms with E-state index >= 15 is 0 Å². The van der Waals surface area contributed by atoms with Gasteiger partial charge in [-0.25, -0.2) is 0 Å². The number of nitrogens with zero attached hydrogens (tertiary/aromatic N) is 1. The fourth-order valence-corrected chi connectivity index (χ4v) is 4.44. The zero-order valence-electron chi connectivity index (χ0n) is 21.1. The standard InChI is InChI=1S/C28H35NO5/c1-16(2)19-8-10-20(11-9-19)25-24(27(31)28(32)29(25)12-13-33-6)26(30)22-15-21(17(3)4)23(34-7)14-18(22)5/h8-11,14-17,25,30H,12-13H2,1-7H3/b26-24+. The Morgan fingerprint density at radius 1 is 1.03 bits per heavy atom. The molecule has 6 nitrogen and oxygen atoms in total. The molecule has 0 saturated carbocycles. The van der Waals surface area contributed by atoms with Crippen LogP contribution in [0.1, 0.15) is 73.4 Å². The van der Waals surface area contributed by atoms with Crippen LogP contribution in [0.3, 0.4) is 0 Å². The van der Waals surface area contributed by atoms with E-state index in [0.717, 1.165) is 28.0 Å². The van der Waals surface area contributed by atoms with Crippen LogP contribution in [0.2, 0.25) is 0 Å². The minimum atomic E-state index is -0.694. The Bertz CT molecular complexity index is 1100. The third-order valence-corrected chi connectivity index (χ3v) is 6.45. The number of aliphatic hydroxyl groups is 1. The van der Waals surface area contributed by atoms with Crippen LogP contribution in [0.5, 0.6) is 5.75 Å². The van der Waals surface area contributed by atoms with E-state index in [-0.39, 0.29) is 30.4 Å². The highest BCUT2D eigenvalue weighted by Gasteiger charge is 2.46. The number of rotatable bonds is 8. The monoisotopic (exact) mass is 465 g/mol. The molecular weight excluding hydrogens is 430 g/mol. The maximum absolute atomic E-state index is 13.2. The maximum Gasteiger partial charge on any atom is 0.295 e. The number of hydrogen-bond acceptors (Lipinski definition) is 5. The molecule has 6 heteroatoms. The number of benzene rings is 2. The van der Waals surface area contributed by atoms with Crippen molar-refractivity contribution in [2.24, 2.45) is 0 Å². The van der Waals surface area contributed by atoms with Gasteiger partial charge < -0.3 is 19.5 Å². The summed E-state index contributed by atoms with van der Waals surface area (Å²) in [6, 6.07) is 10.9. The number of hydrogen-bond donors (Lipinski definition) is 1. The molecule has 34 heavy (non-hydrogen) atoms. The van der Waals surface area contributed by atoms with Gasteiger partial charge in [0.1, 0.15) is 11.5 Å². The minimum Gasteiger partial charge on any atom is -0.507 e. The first-order chi connectivity index (χ1) is 16.1. The van der Waals surface area contributed by atoms with Gasteiger partial charge in [-0.2, -0.15) is 0 Å². The molecule has 1 atom stereocenters. The summed E-state index contributed by atoms with van der Waals surface area (Å²) in [6.07, 6.45) is 0. The molecule has 2 aromatic rings. The number of Topliss-reactive ketones (excluding diaryl/α,β-unsaturated/α-hetero) is 1. The molecule has 1 saturated heterocycles. The van der Waals surface area contributed by atoms with E-state index in [2.05, 4.69) is 13.8 Å². The van der Waals surface area contributed by atoms with Crippen molar-refractivity contribution >= 4 is 17.4 Å². The molecular formula is C28H35NO5. The van der Waals surface area contributed by atoms with Gasteiger partial charge in [-0.1, -0.05) is 52.0 Å². The SMILES string of the molecule is COCCN1C(=O)C(=O)/C(=C(/O)c2cc(C(C)C)c(OC)cc2C)C1c1ccc(C(C)C)cc1. The fraction of sp³-hybridized carbons (Fsp3) is 0.429. The molecule has 3 rings (SSSR count). The summed E-state index contributed by atoms with van der Waals surface area (Å²) in [5.74, 6) is -0.265. The molecule has 1 N–H and O–H groups in total. The van der Waals surface area contributed by atoms with Crippen LogP contribution in [0.25, 0.3) is 5.76 Å². The molecule has 0 spiro atoms. The van der Waals surface area contributed by atoms with E-state index in [4.69, 9.17) is 9.47 Å². The number of carbonyl (C=O) groups excluding carboxylic acids is 2. The molecule has 2 aromatic carbocycles. The number of carbonyl (C=O) groups is 2. The molecule has 0 radical (unpaired) electrons. The molecule has 1 aliphatic heterocycles. The van der Waals surface area contributed by atoms with Gasteiger partial charge in [0, 0.05) is 19.2 Å². The van der Waals surface area contributed by atoms with Crippen LogP contribution in [0, 0.1) is 6.92 Å². The largest absolute Gasteiger partial charge is 0.507 e. The Balaban J connectivity index is 2.22. The first-order valence-corrected chi connectivity index (χ1v) is 11.7. The first kappa shape index (κ1) is 25.5. The predicted molar refractivity (Wildman–Crippen MR) is 133 cm³/mol. The highest BCUT2D eigenvalue weighted by atomic mass is 16.5. The Morgan fingerprint density at radius 2 is 1.68 bits per heavy atom. The quantitative estimate of drug-likeness (QED) is 0.324. The highest BCUT2D eigenvalue weighted by molar-refractivity contribution is 6.46. The lowest BCUT2D eigenvalue weighted by atomic mass is 9.90. The molecule has 1 heterocycles. The van der Waals surface area contributed by atoms with E-state index in [0.29, 0.717) is 11.5 Å². The van der Waals surface area contributed by atoms with Crippen molar-refractivity contribution < 1.29 is 24.2 Å². The lowest BCUT2D eigenvalue weighted by Gasteiger charge is -2.25. The number of amides is 1. The number of methoxy groups -OCH3 is 2. The average molecular weight is 466 g/mol. The summed E-state index contributed by atoms with van der Waals surface area (Å²) >= 11 is 0. The molecule has 1 fully saturated rings. The van der Waals surface area contributed by atoms with Crippen molar-refractivity contribution in [2.75, 3.05) is 27.4 Å². The molecule has 1 unspecified atom stereocenters. The zero-order chi connectivity index (χ0) is 25.2. The summed E-state index contributed by atoms with van der Waals surface area (Å²) < 4.78 is 10.7. The Hall–Kier alpha value is -3.12. The van der Waals surface area contributed by atoms with Gasteiger partial charge in [0.05, 0.1) is 25.3 Å². The minimum absolute atomic E-state index is 0.0985. The summed E-state index contributed by atoms with van der Waals surface area (Å²) in [5.41, 5.74) is 4.23. The second kappa shape index (κ2) is 10.4.